The van der Waals surface area contributed by atoms with Crippen molar-refractivity contribution in [2.24, 2.45) is 0 Å². The monoisotopic (exact) mass is 280 g/mol. The molecule has 1 N–H and O–H groups in total. The Morgan fingerprint density at radius 2 is 2.20 bits per heavy atom. The Hall–Kier alpha value is -1.63. The molecule has 0 aliphatic carbocycles. The minimum absolute atomic E-state index is 0.349. The lowest BCUT2D eigenvalue weighted by atomic mass is 10.1. The molecule has 0 amide bonds. The summed E-state index contributed by atoms with van der Waals surface area (Å²) in [4.78, 5) is 17.5. The van der Waals surface area contributed by atoms with E-state index in [4.69, 9.17) is 4.74 Å². The van der Waals surface area contributed by atoms with Gasteiger partial charge in [-0.3, -0.25) is 0 Å². The zero-order valence-electron chi connectivity index (χ0n) is 12.8. The van der Waals surface area contributed by atoms with Gasteiger partial charge in [-0.15, -0.1) is 0 Å². The first-order valence-corrected chi connectivity index (χ1v) is 7.09. The first-order valence-electron chi connectivity index (χ1n) is 7.09. The summed E-state index contributed by atoms with van der Waals surface area (Å²) in [6, 6.07) is 0.775. The van der Waals surface area contributed by atoms with Crippen LogP contribution in [0.5, 0.6) is 6.01 Å². The third-order valence-corrected chi connectivity index (χ3v) is 3.58. The largest absolute Gasteiger partial charge is 0.467 e. The second-order valence-corrected chi connectivity index (χ2v) is 5.15. The summed E-state index contributed by atoms with van der Waals surface area (Å²) >= 11 is 0. The van der Waals surface area contributed by atoms with Crippen LogP contribution >= 0.6 is 0 Å². The molecule has 0 aromatic carbocycles. The van der Waals surface area contributed by atoms with Gasteiger partial charge in [0.05, 0.1) is 7.11 Å². The first kappa shape index (κ1) is 14.8. The summed E-state index contributed by atoms with van der Waals surface area (Å²) < 4.78 is 5.16. The number of hydrogen-bond donors (Lipinski definition) is 1. The molecule has 2 heterocycles. The summed E-state index contributed by atoms with van der Waals surface area (Å²) in [5, 5.41) is 3.11. The molecule has 1 aliphatic heterocycles. The average Bonchev–Trinajstić information content (AvgIpc) is 2.46. The number of rotatable bonds is 5. The van der Waals surface area contributed by atoms with E-state index in [-0.39, 0.29) is 0 Å². The van der Waals surface area contributed by atoms with Crippen LogP contribution in [0.4, 0.5) is 11.9 Å². The predicted molar refractivity (Wildman–Crippen MR) is 79.5 cm³/mol. The molecule has 7 heteroatoms. The molecule has 0 bridgehead atoms. The summed E-state index contributed by atoms with van der Waals surface area (Å²) in [6.45, 7) is 4.97. The van der Waals surface area contributed by atoms with Gasteiger partial charge in [0.15, 0.2) is 0 Å². The Morgan fingerprint density at radius 3 is 2.85 bits per heavy atom. The Bertz CT molecular complexity index is 441. The molecule has 0 saturated carbocycles. The van der Waals surface area contributed by atoms with Gasteiger partial charge >= 0.3 is 6.01 Å². The molecule has 1 saturated heterocycles. The molecule has 20 heavy (non-hydrogen) atoms. The standard InChI is InChI=1S/C13H24N6O/c1-5-14-11-15-12(17-13(16-11)20-4)19(3)10-7-6-8-18(2)9-10/h10H,5-9H2,1-4H3,(H,14,15,16,17). The summed E-state index contributed by atoms with van der Waals surface area (Å²) in [6.07, 6.45) is 2.36. The van der Waals surface area contributed by atoms with Crippen molar-refractivity contribution in [3.63, 3.8) is 0 Å². The second kappa shape index (κ2) is 6.69. The number of hydrogen-bond acceptors (Lipinski definition) is 7. The number of anilines is 2. The normalized spacial score (nSPS) is 19.7. The topological polar surface area (TPSA) is 66.4 Å². The van der Waals surface area contributed by atoms with Crippen LogP contribution < -0.4 is 15.0 Å². The van der Waals surface area contributed by atoms with E-state index < -0.39 is 0 Å². The summed E-state index contributed by atoms with van der Waals surface area (Å²) in [5.41, 5.74) is 0. The van der Waals surface area contributed by atoms with Crippen molar-refractivity contribution >= 4 is 11.9 Å². The first-order chi connectivity index (χ1) is 9.63. The molecule has 1 aliphatic rings. The van der Waals surface area contributed by atoms with Crippen LogP contribution in [0.1, 0.15) is 19.8 Å². The van der Waals surface area contributed by atoms with Gasteiger partial charge in [0.1, 0.15) is 0 Å². The highest BCUT2D eigenvalue weighted by molar-refractivity contribution is 5.38. The van der Waals surface area contributed by atoms with Crippen molar-refractivity contribution in [1.29, 1.82) is 0 Å². The van der Waals surface area contributed by atoms with E-state index in [1.165, 1.54) is 6.42 Å². The van der Waals surface area contributed by atoms with E-state index in [1.54, 1.807) is 7.11 Å². The lowest BCUT2D eigenvalue weighted by Crippen LogP contribution is -2.45. The van der Waals surface area contributed by atoms with E-state index >= 15 is 0 Å². The van der Waals surface area contributed by atoms with Crippen LogP contribution in [-0.4, -0.2) is 66.7 Å². The Labute approximate surface area is 120 Å². The molecule has 112 valence electrons. The Balaban J connectivity index is 2.19. The average molecular weight is 280 g/mol. The van der Waals surface area contributed by atoms with Gasteiger partial charge in [0, 0.05) is 26.2 Å². The number of piperidine rings is 1. The number of methoxy groups -OCH3 is 1. The maximum absolute atomic E-state index is 5.16. The molecule has 7 nitrogen and oxygen atoms in total. The molecule has 0 spiro atoms. The van der Waals surface area contributed by atoms with Crippen molar-refractivity contribution in [2.75, 3.05) is 51.1 Å². The van der Waals surface area contributed by atoms with Crippen molar-refractivity contribution in [3.8, 4) is 6.01 Å². The SMILES string of the molecule is CCNc1nc(OC)nc(N(C)C2CCCN(C)C2)n1. The molecule has 2 rings (SSSR count). The van der Waals surface area contributed by atoms with E-state index in [9.17, 15) is 0 Å². The summed E-state index contributed by atoms with van der Waals surface area (Å²) in [7, 11) is 5.76. The molecule has 0 radical (unpaired) electrons. The van der Waals surface area contributed by atoms with Crippen LogP contribution in [0.25, 0.3) is 0 Å². The zero-order valence-corrected chi connectivity index (χ0v) is 12.8. The fraction of sp³-hybridized carbons (Fsp3) is 0.769. The highest BCUT2D eigenvalue weighted by Crippen LogP contribution is 2.20. The number of nitrogens with one attached hydrogen (secondary N) is 1. The van der Waals surface area contributed by atoms with E-state index in [1.807, 2.05) is 14.0 Å². The van der Waals surface area contributed by atoms with Crippen LogP contribution in [-0.2, 0) is 0 Å². The Kier molecular flexibility index (Phi) is 4.94. The molecule has 1 aromatic heterocycles. The number of likely N-dealkylation sites (N-methyl/N-ethyl adjacent to an activating group) is 2. The van der Waals surface area contributed by atoms with Crippen molar-refractivity contribution < 1.29 is 4.74 Å². The van der Waals surface area contributed by atoms with Crippen LogP contribution in [0.2, 0.25) is 0 Å². The Morgan fingerprint density at radius 1 is 1.40 bits per heavy atom. The van der Waals surface area contributed by atoms with Gasteiger partial charge in [-0.25, -0.2) is 0 Å². The lowest BCUT2D eigenvalue weighted by Gasteiger charge is -2.35. The van der Waals surface area contributed by atoms with E-state index in [2.05, 4.69) is 37.1 Å². The molecule has 1 unspecified atom stereocenters. The van der Waals surface area contributed by atoms with Gasteiger partial charge in [-0.1, -0.05) is 0 Å². The smallest absolute Gasteiger partial charge is 0.322 e. The van der Waals surface area contributed by atoms with Crippen molar-refractivity contribution in [1.82, 2.24) is 19.9 Å². The van der Waals surface area contributed by atoms with Crippen molar-refractivity contribution in [2.45, 2.75) is 25.8 Å². The molecule has 1 fully saturated rings. The number of ether oxygens (including phenoxy) is 1. The van der Waals surface area contributed by atoms with E-state index in [0.717, 1.165) is 26.1 Å². The molecular weight excluding hydrogens is 256 g/mol. The fourth-order valence-corrected chi connectivity index (χ4v) is 2.45. The molecule has 1 atom stereocenters. The van der Waals surface area contributed by atoms with Crippen molar-refractivity contribution in [3.05, 3.63) is 0 Å². The maximum atomic E-state index is 5.16. The highest BCUT2D eigenvalue weighted by atomic mass is 16.5. The van der Waals surface area contributed by atoms with Gasteiger partial charge in [-0.2, -0.15) is 15.0 Å². The van der Waals surface area contributed by atoms with Gasteiger partial charge < -0.3 is 19.9 Å². The zero-order chi connectivity index (χ0) is 14.5. The summed E-state index contributed by atoms with van der Waals surface area (Å²) in [5.74, 6) is 1.22. The minimum Gasteiger partial charge on any atom is -0.467 e. The van der Waals surface area contributed by atoms with Crippen LogP contribution in [0, 0.1) is 0 Å². The predicted octanol–water partition coefficient (Wildman–Crippen LogP) is 0.842. The maximum Gasteiger partial charge on any atom is 0.322 e. The highest BCUT2D eigenvalue weighted by Gasteiger charge is 2.23. The van der Waals surface area contributed by atoms with Gasteiger partial charge in [-0.05, 0) is 33.4 Å². The third kappa shape index (κ3) is 3.47. The second-order valence-electron chi connectivity index (χ2n) is 5.15. The molecular formula is C13H24N6O. The number of nitrogens with zero attached hydrogens (tertiary/aromatic N) is 5. The van der Waals surface area contributed by atoms with Crippen LogP contribution in [0.15, 0.2) is 0 Å². The van der Waals surface area contributed by atoms with E-state index in [0.29, 0.717) is 23.9 Å². The lowest BCUT2D eigenvalue weighted by molar-refractivity contribution is 0.246. The van der Waals surface area contributed by atoms with Crippen LogP contribution in [0.3, 0.4) is 0 Å². The number of aromatic nitrogens is 3. The quantitative estimate of drug-likeness (QED) is 0.857. The number of likely N-dealkylation sites (tertiary alicyclic amines) is 1. The minimum atomic E-state index is 0.349. The third-order valence-electron chi connectivity index (χ3n) is 3.58. The van der Waals surface area contributed by atoms with Gasteiger partial charge in [0.2, 0.25) is 11.9 Å². The fourth-order valence-electron chi connectivity index (χ4n) is 2.45. The molecule has 1 aromatic rings. The van der Waals surface area contributed by atoms with Gasteiger partial charge in [0.25, 0.3) is 0 Å².